The molecule has 0 spiro atoms. The van der Waals surface area contributed by atoms with Crippen LogP contribution < -0.4 is 10.1 Å². The predicted molar refractivity (Wildman–Crippen MR) is 132 cm³/mol. The SMILES string of the molecule is CCOC(=O)c1c(-c2ccc(F)cc2)csc1NC(=O)COc1ccccc1-c1ccccc1. The maximum atomic E-state index is 13.4. The number of halogens is 1. The number of para-hydroxylation sites is 1. The van der Waals surface area contributed by atoms with Crippen molar-refractivity contribution < 1.29 is 23.5 Å². The lowest BCUT2D eigenvalue weighted by Gasteiger charge is -2.12. The van der Waals surface area contributed by atoms with Gasteiger partial charge >= 0.3 is 5.97 Å². The second kappa shape index (κ2) is 10.8. The Morgan fingerprint density at radius 3 is 2.29 bits per heavy atom. The van der Waals surface area contributed by atoms with E-state index in [-0.39, 0.29) is 24.6 Å². The van der Waals surface area contributed by atoms with Crippen LogP contribution >= 0.6 is 11.3 Å². The lowest BCUT2D eigenvalue weighted by atomic mass is 10.0. The van der Waals surface area contributed by atoms with Gasteiger partial charge in [-0.25, -0.2) is 9.18 Å². The third-order valence-electron chi connectivity index (χ3n) is 5.01. The summed E-state index contributed by atoms with van der Waals surface area (Å²) in [6, 6.07) is 23.0. The number of anilines is 1. The standard InChI is InChI=1S/C27H22FNO4S/c1-2-32-27(31)25-22(19-12-14-20(28)15-13-19)17-34-26(25)29-24(30)16-33-23-11-7-6-10-21(23)18-8-4-3-5-9-18/h3-15,17H,2,16H2,1H3,(H,29,30). The van der Waals surface area contributed by atoms with Crippen LogP contribution in [0, 0.1) is 5.82 Å². The summed E-state index contributed by atoms with van der Waals surface area (Å²) < 4.78 is 24.4. The third-order valence-corrected chi connectivity index (χ3v) is 5.90. The van der Waals surface area contributed by atoms with Crippen LogP contribution in [0.4, 0.5) is 9.39 Å². The highest BCUT2D eigenvalue weighted by Gasteiger charge is 2.23. The zero-order valence-corrected chi connectivity index (χ0v) is 19.2. The lowest BCUT2D eigenvalue weighted by molar-refractivity contribution is -0.118. The zero-order valence-electron chi connectivity index (χ0n) is 18.4. The van der Waals surface area contributed by atoms with Crippen molar-refractivity contribution >= 4 is 28.2 Å². The zero-order chi connectivity index (χ0) is 23.9. The van der Waals surface area contributed by atoms with Gasteiger partial charge in [0.05, 0.1) is 6.61 Å². The molecule has 3 aromatic carbocycles. The molecule has 1 aromatic heterocycles. The van der Waals surface area contributed by atoms with E-state index in [0.29, 0.717) is 21.9 Å². The van der Waals surface area contributed by atoms with Gasteiger partial charge in [-0.3, -0.25) is 4.79 Å². The molecule has 34 heavy (non-hydrogen) atoms. The summed E-state index contributed by atoms with van der Waals surface area (Å²) >= 11 is 1.20. The molecule has 0 radical (unpaired) electrons. The number of carbonyl (C=O) groups is 2. The van der Waals surface area contributed by atoms with Gasteiger partial charge in [0, 0.05) is 16.5 Å². The van der Waals surface area contributed by atoms with E-state index in [1.54, 1.807) is 30.5 Å². The molecule has 0 aliphatic heterocycles. The third kappa shape index (κ3) is 5.32. The number of amides is 1. The smallest absolute Gasteiger partial charge is 0.341 e. The maximum absolute atomic E-state index is 13.4. The first-order valence-corrected chi connectivity index (χ1v) is 11.6. The lowest BCUT2D eigenvalue weighted by Crippen LogP contribution is -2.21. The van der Waals surface area contributed by atoms with E-state index in [2.05, 4.69) is 5.32 Å². The predicted octanol–water partition coefficient (Wildman–Crippen LogP) is 6.42. The fourth-order valence-electron chi connectivity index (χ4n) is 3.45. The minimum Gasteiger partial charge on any atom is -0.483 e. The monoisotopic (exact) mass is 475 g/mol. The molecular weight excluding hydrogens is 453 g/mol. The molecule has 0 bridgehead atoms. The Kier molecular flexibility index (Phi) is 7.34. The molecule has 4 aromatic rings. The summed E-state index contributed by atoms with van der Waals surface area (Å²) in [5, 5.41) is 4.85. The maximum Gasteiger partial charge on any atom is 0.341 e. The fraction of sp³-hybridized carbons (Fsp3) is 0.111. The first-order valence-electron chi connectivity index (χ1n) is 10.7. The number of benzene rings is 3. The molecule has 1 amide bonds. The van der Waals surface area contributed by atoms with Crippen LogP contribution in [-0.2, 0) is 9.53 Å². The van der Waals surface area contributed by atoms with Crippen LogP contribution in [0.15, 0.2) is 84.2 Å². The molecule has 0 saturated heterocycles. The number of carbonyl (C=O) groups excluding carboxylic acids is 2. The van der Waals surface area contributed by atoms with Gasteiger partial charge in [-0.15, -0.1) is 11.3 Å². The molecule has 4 rings (SSSR count). The summed E-state index contributed by atoms with van der Waals surface area (Å²) in [4.78, 5) is 25.4. The second-order valence-electron chi connectivity index (χ2n) is 7.28. The highest BCUT2D eigenvalue weighted by atomic mass is 32.1. The highest BCUT2D eigenvalue weighted by Crippen LogP contribution is 2.36. The average Bonchev–Trinajstić information content (AvgIpc) is 3.27. The van der Waals surface area contributed by atoms with Gasteiger partial charge in [-0.2, -0.15) is 0 Å². The molecule has 0 atom stereocenters. The first-order chi connectivity index (χ1) is 16.6. The Labute approximate surface area is 200 Å². The molecule has 1 heterocycles. The van der Waals surface area contributed by atoms with E-state index in [9.17, 15) is 14.0 Å². The van der Waals surface area contributed by atoms with Crippen LogP contribution in [0.2, 0.25) is 0 Å². The molecule has 0 saturated carbocycles. The molecule has 0 unspecified atom stereocenters. The first kappa shape index (κ1) is 23.2. The molecule has 1 N–H and O–H groups in total. The summed E-state index contributed by atoms with van der Waals surface area (Å²) in [6.45, 7) is 1.65. The van der Waals surface area contributed by atoms with Crippen molar-refractivity contribution in [2.45, 2.75) is 6.92 Å². The van der Waals surface area contributed by atoms with Gasteiger partial charge in [0.15, 0.2) is 6.61 Å². The van der Waals surface area contributed by atoms with E-state index in [1.165, 1.54) is 23.5 Å². The number of rotatable bonds is 8. The van der Waals surface area contributed by atoms with E-state index >= 15 is 0 Å². The van der Waals surface area contributed by atoms with Crippen LogP contribution in [0.3, 0.4) is 0 Å². The Balaban J connectivity index is 1.53. The molecule has 172 valence electrons. The molecule has 0 aliphatic carbocycles. The Morgan fingerprint density at radius 1 is 0.882 bits per heavy atom. The average molecular weight is 476 g/mol. The summed E-state index contributed by atoms with van der Waals surface area (Å²) in [5.41, 5.74) is 3.29. The molecule has 5 nitrogen and oxygen atoms in total. The van der Waals surface area contributed by atoms with E-state index in [0.717, 1.165) is 11.1 Å². The van der Waals surface area contributed by atoms with E-state index in [1.807, 2.05) is 48.5 Å². The Morgan fingerprint density at radius 2 is 1.56 bits per heavy atom. The number of nitrogens with one attached hydrogen (secondary N) is 1. The number of thiophene rings is 1. The van der Waals surface area contributed by atoms with Gasteiger partial charge in [0.25, 0.3) is 5.91 Å². The van der Waals surface area contributed by atoms with E-state index in [4.69, 9.17) is 9.47 Å². The van der Waals surface area contributed by atoms with Crippen molar-refractivity contribution in [1.29, 1.82) is 0 Å². The van der Waals surface area contributed by atoms with Crippen molar-refractivity contribution in [1.82, 2.24) is 0 Å². The van der Waals surface area contributed by atoms with Gasteiger partial charge in [-0.05, 0) is 36.2 Å². The summed E-state index contributed by atoms with van der Waals surface area (Å²) in [7, 11) is 0. The quantitative estimate of drug-likeness (QED) is 0.299. The molecular formula is C27H22FNO4S. The molecule has 0 aliphatic rings. The Bertz CT molecular complexity index is 1290. The number of ether oxygens (including phenoxy) is 2. The number of hydrogen-bond acceptors (Lipinski definition) is 5. The van der Waals surface area contributed by atoms with Crippen molar-refractivity contribution in [3.05, 3.63) is 95.6 Å². The summed E-state index contributed by atoms with van der Waals surface area (Å²) in [5.74, 6) is -0.777. The molecule has 0 fully saturated rings. The van der Waals surface area contributed by atoms with Crippen molar-refractivity contribution in [2.75, 3.05) is 18.5 Å². The van der Waals surface area contributed by atoms with Crippen LogP contribution in [0.1, 0.15) is 17.3 Å². The number of hydrogen-bond donors (Lipinski definition) is 1. The van der Waals surface area contributed by atoms with Crippen LogP contribution in [-0.4, -0.2) is 25.1 Å². The summed E-state index contributed by atoms with van der Waals surface area (Å²) in [6.07, 6.45) is 0. The van der Waals surface area contributed by atoms with Gasteiger partial charge < -0.3 is 14.8 Å². The minimum absolute atomic E-state index is 0.185. The van der Waals surface area contributed by atoms with Crippen LogP contribution in [0.25, 0.3) is 22.3 Å². The topological polar surface area (TPSA) is 64.6 Å². The minimum atomic E-state index is -0.561. The van der Waals surface area contributed by atoms with E-state index < -0.39 is 11.9 Å². The second-order valence-corrected chi connectivity index (χ2v) is 8.16. The normalized spacial score (nSPS) is 10.5. The molecule has 7 heteroatoms. The Hall–Kier alpha value is -3.97. The number of esters is 1. The van der Waals surface area contributed by atoms with Gasteiger partial charge in [-0.1, -0.05) is 60.7 Å². The largest absolute Gasteiger partial charge is 0.483 e. The van der Waals surface area contributed by atoms with Crippen molar-refractivity contribution in [3.63, 3.8) is 0 Å². The fourth-order valence-corrected chi connectivity index (χ4v) is 4.43. The highest BCUT2D eigenvalue weighted by molar-refractivity contribution is 7.15. The van der Waals surface area contributed by atoms with Crippen molar-refractivity contribution in [3.8, 4) is 28.0 Å². The van der Waals surface area contributed by atoms with Gasteiger partial charge in [0.1, 0.15) is 22.1 Å². The van der Waals surface area contributed by atoms with Crippen LogP contribution in [0.5, 0.6) is 5.75 Å². The van der Waals surface area contributed by atoms with Crippen molar-refractivity contribution in [2.24, 2.45) is 0 Å². The van der Waals surface area contributed by atoms with Gasteiger partial charge in [0.2, 0.25) is 0 Å².